The zero-order valence-corrected chi connectivity index (χ0v) is 14.3. The maximum atomic E-state index is 12.6. The Kier molecular flexibility index (Phi) is 4.50. The van der Waals surface area contributed by atoms with Gasteiger partial charge in [0.1, 0.15) is 5.65 Å². The molecular formula is C19H23N5O. The van der Waals surface area contributed by atoms with Crippen LogP contribution in [0.25, 0.3) is 11.0 Å². The number of hydrogen-bond acceptors (Lipinski definition) is 3. The largest absolute Gasteiger partial charge is 0.343 e. The molecule has 1 atom stereocenters. The maximum absolute atomic E-state index is 12.6. The molecule has 1 saturated heterocycles. The van der Waals surface area contributed by atoms with Gasteiger partial charge in [0.2, 0.25) is 5.91 Å². The van der Waals surface area contributed by atoms with E-state index in [4.69, 9.17) is 0 Å². The summed E-state index contributed by atoms with van der Waals surface area (Å²) in [6, 6.07) is 6.21. The summed E-state index contributed by atoms with van der Waals surface area (Å²) in [5.74, 6) is 0.639. The lowest BCUT2D eigenvalue weighted by Crippen LogP contribution is -2.39. The molecule has 130 valence electrons. The molecule has 0 radical (unpaired) electrons. The highest BCUT2D eigenvalue weighted by molar-refractivity contribution is 5.77. The predicted molar refractivity (Wildman–Crippen MR) is 96.1 cm³/mol. The molecule has 0 bridgehead atoms. The zero-order valence-electron chi connectivity index (χ0n) is 14.3. The Hall–Kier alpha value is -2.63. The molecule has 6 nitrogen and oxygen atoms in total. The minimum absolute atomic E-state index is 0.263. The van der Waals surface area contributed by atoms with Crippen LogP contribution in [0.5, 0.6) is 0 Å². The second-order valence-corrected chi connectivity index (χ2v) is 6.75. The van der Waals surface area contributed by atoms with E-state index in [0.29, 0.717) is 12.3 Å². The highest BCUT2D eigenvalue weighted by atomic mass is 16.2. The van der Waals surface area contributed by atoms with Crippen LogP contribution in [-0.4, -0.2) is 43.4 Å². The Labute approximate surface area is 146 Å². The number of aryl methyl sites for hydroxylation is 1. The maximum Gasteiger partial charge on any atom is 0.222 e. The van der Waals surface area contributed by atoms with E-state index in [9.17, 15) is 4.79 Å². The minimum Gasteiger partial charge on any atom is -0.343 e. The van der Waals surface area contributed by atoms with Crippen LogP contribution in [0, 0.1) is 0 Å². The number of imidazole rings is 1. The molecule has 1 N–H and O–H groups in total. The van der Waals surface area contributed by atoms with Gasteiger partial charge in [-0.2, -0.15) is 0 Å². The van der Waals surface area contributed by atoms with Crippen LogP contribution < -0.4 is 0 Å². The first-order valence-corrected chi connectivity index (χ1v) is 8.97. The van der Waals surface area contributed by atoms with E-state index >= 15 is 0 Å². The van der Waals surface area contributed by atoms with Crippen molar-refractivity contribution >= 4 is 16.9 Å². The normalized spacial score (nSPS) is 17.9. The summed E-state index contributed by atoms with van der Waals surface area (Å²) in [6.45, 7) is 2.52. The van der Waals surface area contributed by atoms with Crippen LogP contribution in [0.2, 0.25) is 0 Å². The summed E-state index contributed by atoms with van der Waals surface area (Å²) < 4.78 is 2.02. The first-order valence-electron chi connectivity index (χ1n) is 8.97. The number of rotatable bonds is 5. The zero-order chi connectivity index (χ0) is 17.1. The van der Waals surface area contributed by atoms with Gasteiger partial charge < -0.3 is 14.5 Å². The lowest BCUT2D eigenvalue weighted by atomic mass is 9.94. The average Bonchev–Trinajstić information content (AvgIpc) is 3.31. The standard InChI is InChI=1S/C19H23N5O/c25-18(6-3-9-23-11-8-20-14-23)24-10-2-5-16(13-24)17-12-15-4-1-7-21-19(15)22-17/h1,4,7-8,11-12,14,16H,2-3,5-6,9-10,13H2,(H,21,22)/t16-/m0/s1. The van der Waals surface area contributed by atoms with Crippen molar-refractivity contribution in [3.63, 3.8) is 0 Å². The summed E-state index contributed by atoms with van der Waals surface area (Å²) in [5, 5.41) is 1.14. The van der Waals surface area contributed by atoms with Gasteiger partial charge >= 0.3 is 0 Å². The fraction of sp³-hybridized carbons (Fsp3) is 0.421. The molecule has 4 rings (SSSR count). The lowest BCUT2D eigenvalue weighted by Gasteiger charge is -2.32. The lowest BCUT2D eigenvalue weighted by molar-refractivity contribution is -0.132. The van der Waals surface area contributed by atoms with Gasteiger partial charge in [-0.3, -0.25) is 4.79 Å². The van der Waals surface area contributed by atoms with Gasteiger partial charge in [-0.1, -0.05) is 0 Å². The van der Waals surface area contributed by atoms with Gasteiger partial charge in [0.15, 0.2) is 0 Å². The van der Waals surface area contributed by atoms with Gasteiger partial charge in [-0.25, -0.2) is 9.97 Å². The van der Waals surface area contributed by atoms with Crippen LogP contribution in [0.15, 0.2) is 43.1 Å². The number of nitrogens with zero attached hydrogens (tertiary/aromatic N) is 4. The van der Waals surface area contributed by atoms with E-state index in [0.717, 1.165) is 49.9 Å². The Bertz CT molecular complexity index is 806. The number of amides is 1. The molecule has 4 heterocycles. The highest BCUT2D eigenvalue weighted by Gasteiger charge is 2.25. The first-order chi connectivity index (χ1) is 12.3. The van der Waals surface area contributed by atoms with Gasteiger partial charge in [-0.05, 0) is 37.5 Å². The number of hydrogen-bond donors (Lipinski definition) is 1. The molecule has 0 aromatic carbocycles. The number of pyridine rings is 1. The number of piperidine rings is 1. The van der Waals surface area contributed by atoms with Gasteiger partial charge in [0.05, 0.1) is 6.33 Å². The Morgan fingerprint density at radius 2 is 2.32 bits per heavy atom. The summed E-state index contributed by atoms with van der Waals surface area (Å²) in [5.41, 5.74) is 2.13. The monoisotopic (exact) mass is 337 g/mol. The first kappa shape index (κ1) is 15.9. The van der Waals surface area contributed by atoms with Crippen molar-refractivity contribution in [3.05, 3.63) is 48.8 Å². The summed E-state index contributed by atoms with van der Waals surface area (Å²) >= 11 is 0. The molecule has 0 saturated carbocycles. The summed E-state index contributed by atoms with van der Waals surface area (Å²) in [4.78, 5) is 26.4. The molecule has 0 aliphatic carbocycles. The Morgan fingerprint density at radius 1 is 1.36 bits per heavy atom. The summed E-state index contributed by atoms with van der Waals surface area (Å²) in [7, 11) is 0. The van der Waals surface area contributed by atoms with E-state index in [1.807, 2.05) is 21.7 Å². The SMILES string of the molecule is O=C(CCCn1ccnc1)N1CCC[C@H](c2cc3cccnc3[nH]2)C1. The molecular weight excluding hydrogens is 314 g/mol. The average molecular weight is 337 g/mol. The number of fused-ring (bicyclic) bond motifs is 1. The fourth-order valence-corrected chi connectivity index (χ4v) is 3.65. The Balaban J connectivity index is 1.36. The van der Waals surface area contributed by atoms with Crippen molar-refractivity contribution in [1.82, 2.24) is 24.4 Å². The van der Waals surface area contributed by atoms with Crippen LogP contribution in [-0.2, 0) is 11.3 Å². The number of nitrogens with one attached hydrogen (secondary N) is 1. The van der Waals surface area contributed by atoms with Crippen molar-refractivity contribution < 1.29 is 4.79 Å². The van der Waals surface area contributed by atoms with Crippen LogP contribution in [0.1, 0.15) is 37.3 Å². The third-order valence-electron chi connectivity index (χ3n) is 4.99. The van der Waals surface area contributed by atoms with Crippen LogP contribution in [0.4, 0.5) is 0 Å². The molecule has 6 heteroatoms. The molecule has 1 fully saturated rings. The molecule has 0 unspecified atom stereocenters. The van der Waals surface area contributed by atoms with Gasteiger partial charge in [0, 0.05) is 61.6 Å². The van der Waals surface area contributed by atoms with Crippen molar-refractivity contribution in [1.29, 1.82) is 0 Å². The van der Waals surface area contributed by atoms with Crippen molar-refractivity contribution in [3.8, 4) is 0 Å². The number of carbonyl (C=O) groups excluding carboxylic acids is 1. The third kappa shape index (κ3) is 3.57. The van der Waals surface area contributed by atoms with E-state index in [1.165, 1.54) is 5.69 Å². The van der Waals surface area contributed by atoms with E-state index in [2.05, 4.69) is 27.1 Å². The third-order valence-corrected chi connectivity index (χ3v) is 4.99. The second-order valence-electron chi connectivity index (χ2n) is 6.75. The van der Waals surface area contributed by atoms with E-state index in [-0.39, 0.29) is 5.91 Å². The van der Waals surface area contributed by atoms with Gasteiger partial charge in [0.25, 0.3) is 0 Å². The number of H-pyrrole nitrogens is 1. The van der Waals surface area contributed by atoms with Crippen molar-refractivity contribution in [2.45, 2.75) is 38.1 Å². The molecule has 25 heavy (non-hydrogen) atoms. The second kappa shape index (κ2) is 7.09. The Morgan fingerprint density at radius 3 is 3.16 bits per heavy atom. The predicted octanol–water partition coefficient (Wildman–Crippen LogP) is 2.95. The number of aromatic nitrogens is 4. The highest BCUT2D eigenvalue weighted by Crippen LogP contribution is 2.28. The van der Waals surface area contributed by atoms with Gasteiger partial charge in [-0.15, -0.1) is 0 Å². The van der Waals surface area contributed by atoms with Crippen LogP contribution in [0.3, 0.4) is 0 Å². The number of aromatic amines is 1. The van der Waals surface area contributed by atoms with Crippen LogP contribution >= 0.6 is 0 Å². The molecule has 0 spiro atoms. The molecule has 1 aliphatic rings. The molecule has 1 aliphatic heterocycles. The minimum atomic E-state index is 0.263. The number of carbonyl (C=O) groups is 1. The molecule has 1 amide bonds. The van der Waals surface area contributed by atoms with Crippen molar-refractivity contribution in [2.24, 2.45) is 0 Å². The van der Waals surface area contributed by atoms with E-state index < -0.39 is 0 Å². The number of likely N-dealkylation sites (tertiary alicyclic amines) is 1. The van der Waals surface area contributed by atoms with E-state index in [1.54, 1.807) is 18.7 Å². The molecule has 3 aromatic rings. The van der Waals surface area contributed by atoms with Crippen molar-refractivity contribution in [2.75, 3.05) is 13.1 Å². The smallest absolute Gasteiger partial charge is 0.222 e. The fourth-order valence-electron chi connectivity index (χ4n) is 3.65. The topological polar surface area (TPSA) is 66.8 Å². The molecule has 3 aromatic heterocycles. The summed E-state index contributed by atoms with van der Waals surface area (Å²) in [6.07, 6.45) is 10.9. The quantitative estimate of drug-likeness (QED) is 0.778.